The van der Waals surface area contributed by atoms with Crippen LogP contribution in [0.25, 0.3) is 0 Å². The number of rotatable bonds is 4. The van der Waals surface area contributed by atoms with Crippen molar-refractivity contribution in [2.45, 2.75) is 39.2 Å². The van der Waals surface area contributed by atoms with Crippen LogP contribution in [0.1, 0.15) is 30.9 Å². The van der Waals surface area contributed by atoms with Crippen molar-refractivity contribution < 1.29 is 14.3 Å². The number of likely N-dealkylation sites (tertiary alicyclic amines) is 1. The van der Waals surface area contributed by atoms with Crippen LogP contribution in [0.5, 0.6) is 0 Å². The second-order valence-corrected chi connectivity index (χ2v) is 5.16. The van der Waals surface area contributed by atoms with Gasteiger partial charge in [0, 0.05) is 6.54 Å². The quantitative estimate of drug-likeness (QED) is 0.790. The molecule has 1 aliphatic rings. The molecule has 1 aromatic rings. The smallest absolute Gasteiger partial charge is 0.328 e. The second kappa shape index (κ2) is 6.55. The summed E-state index contributed by atoms with van der Waals surface area (Å²) in [6.07, 6.45) is 1.91. The van der Waals surface area contributed by atoms with Crippen molar-refractivity contribution in [3.63, 3.8) is 0 Å². The van der Waals surface area contributed by atoms with E-state index in [1.165, 1.54) is 5.56 Å². The molecule has 1 saturated heterocycles. The third-order valence-electron chi connectivity index (χ3n) is 3.61. The summed E-state index contributed by atoms with van der Waals surface area (Å²) in [4.78, 5) is 25.8. The lowest BCUT2D eigenvalue weighted by atomic mass is 10.1. The fraction of sp³-hybridized carbons (Fsp3) is 0.500. The molecule has 1 amide bonds. The van der Waals surface area contributed by atoms with E-state index >= 15 is 0 Å². The van der Waals surface area contributed by atoms with E-state index in [2.05, 4.69) is 0 Å². The lowest BCUT2D eigenvalue weighted by molar-refractivity contribution is -0.152. The normalized spacial score (nSPS) is 18.1. The Morgan fingerprint density at radius 2 is 2.00 bits per heavy atom. The Labute approximate surface area is 119 Å². The van der Waals surface area contributed by atoms with Crippen LogP contribution >= 0.6 is 0 Å². The summed E-state index contributed by atoms with van der Waals surface area (Å²) in [5.74, 6) is -0.272. The average molecular weight is 275 g/mol. The van der Waals surface area contributed by atoms with E-state index in [1.54, 1.807) is 11.8 Å². The first-order valence-corrected chi connectivity index (χ1v) is 7.13. The van der Waals surface area contributed by atoms with Gasteiger partial charge in [0.05, 0.1) is 13.0 Å². The highest BCUT2D eigenvalue weighted by atomic mass is 16.5. The minimum Gasteiger partial charge on any atom is -0.464 e. The molecule has 1 aromatic carbocycles. The second-order valence-electron chi connectivity index (χ2n) is 5.16. The van der Waals surface area contributed by atoms with Crippen LogP contribution in [-0.4, -0.2) is 36.0 Å². The van der Waals surface area contributed by atoms with Crippen molar-refractivity contribution in [2.24, 2.45) is 0 Å². The fourth-order valence-corrected chi connectivity index (χ4v) is 2.53. The highest BCUT2D eigenvalue weighted by Crippen LogP contribution is 2.20. The van der Waals surface area contributed by atoms with E-state index in [0.717, 1.165) is 12.0 Å². The van der Waals surface area contributed by atoms with Gasteiger partial charge in [-0.15, -0.1) is 0 Å². The van der Waals surface area contributed by atoms with Gasteiger partial charge >= 0.3 is 5.97 Å². The van der Waals surface area contributed by atoms with E-state index in [-0.39, 0.29) is 11.9 Å². The third kappa shape index (κ3) is 3.38. The summed E-state index contributed by atoms with van der Waals surface area (Å²) in [5.41, 5.74) is 2.15. The first kappa shape index (κ1) is 14.6. The summed E-state index contributed by atoms with van der Waals surface area (Å²) in [5, 5.41) is 0. The van der Waals surface area contributed by atoms with Gasteiger partial charge < -0.3 is 9.64 Å². The van der Waals surface area contributed by atoms with Gasteiger partial charge in [-0.25, -0.2) is 4.79 Å². The standard InChI is InChI=1S/C16H21NO3/c1-3-20-16(19)14-5-4-10-17(14)15(18)11-13-8-6-12(2)7-9-13/h6-9,14H,3-5,10-11H2,1-2H3. The van der Waals surface area contributed by atoms with E-state index in [9.17, 15) is 9.59 Å². The first-order valence-electron chi connectivity index (χ1n) is 7.13. The van der Waals surface area contributed by atoms with Gasteiger partial charge in [-0.3, -0.25) is 4.79 Å². The van der Waals surface area contributed by atoms with E-state index in [1.807, 2.05) is 31.2 Å². The van der Waals surface area contributed by atoms with Crippen LogP contribution in [0.4, 0.5) is 0 Å². The Kier molecular flexibility index (Phi) is 4.77. The van der Waals surface area contributed by atoms with E-state index in [4.69, 9.17) is 4.74 Å². The molecule has 20 heavy (non-hydrogen) atoms. The average Bonchev–Trinajstić information content (AvgIpc) is 2.91. The number of amides is 1. The number of carbonyl (C=O) groups excluding carboxylic acids is 2. The summed E-state index contributed by atoms with van der Waals surface area (Å²) in [7, 11) is 0. The molecule has 0 bridgehead atoms. The SMILES string of the molecule is CCOC(=O)C1CCCN1C(=O)Cc1ccc(C)cc1. The molecule has 1 atom stereocenters. The molecule has 0 spiro atoms. The van der Waals surface area contributed by atoms with Gasteiger partial charge in [0.2, 0.25) is 5.91 Å². The molecule has 0 radical (unpaired) electrons. The lowest BCUT2D eigenvalue weighted by Gasteiger charge is -2.23. The van der Waals surface area contributed by atoms with Gasteiger partial charge in [0.15, 0.2) is 0 Å². The molecule has 1 heterocycles. The molecule has 1 fully saturated rings. The molecule has 1 aliphatic heterocycles. The molecule has 4 heteroatoms. The van der Waals surface area contributed by atoms with Crippen LogP contribution in [-0.2, 0) is 20.7 Å². The highest BCUT2D eigenvalue weighted by Gasteiger charge is 2.34. The monoisotopic (exact) mass is 275 g/mol. The number of benzene rings is 1. The Morgan fingerprint density at radius 3 is 2.65 bits per heavy atom. The lowest BCUT2D eigenvalue weighted by Crippen LogP contribution is -2.42. The number of hydrogen-bond donors (Lipinski definition) is 0. The Bertz CT molecular complexity index is 481. The van der Waals surface area contributed by atoms with Gasteiger partial charge in [-0.2, -0.15) is 0 Å². The van der Waals surface area contributed by atoms with Crippen molar-refractivity contribution in [1.29, 1.82) is 0 Å². The molecule has 0 N–H and O–H groups in total. The zero-order chi connectivity index (χ0) is 14.5. The molecule has 4 nitrogen and oxygen atoms in total. The Hall–Kier alpha value is -1.84. The zero-order valence-electron chi connectivity index (χ0n) is 12.1. The molecule has 0 aliphatic carbocycles. The topological polar surface area (TPSA) is 46.6 Å². The molecular weight excluding hydrogens is 254 g/mol. The van der Waals surface area contributed by atoms with Crippen LogP contribution in [0.15, 0.2) is 24.3 Å². The molecule has 108 valence electrons. The fourth-order valence-electron chi connectivity index (χ4n) is 2.53. The first-order chi connectivity index (χ1) is 9.61. The minimum absolute atomic E-state index is 0.00408. The molecule has 1 unspecified atom stereocenters. The zero-order valence-corrected chi connectivity index (χ0v) is 12.1. The predicted octanol–water partition coefficient (Wildman–Crippen LogP) is 2.09. The third-order valence-corrected chi connectivity index (χ3v) is 3.61. The van der Waals surface area contributed by atoms with Crippen molar-refractivity contribution >= 4 is 11.9 Å². The number of ether oxygens (including phenoxy) is 1. The number of hydrogen-bond acceptors (Lipinski definition) is 3. The summed E-state index contributed by atoms with van der Waals surface area (Å²) in [6, 6.07) is 7.52. The number of esters is 1. The highest BCUT2D eigenvalue weighted by molar-refractivity contribution is 5.86. The van der Waals surface area contributed by atoms with Gasteiger partial charge in [0.25, 0.3) is 0 Å². The Balaban J connectivity index is 2.00. The minimum atomic E-state index is -0.395. The number of aryl methyl sites for hydroxylation is 1. The molecular formula is C16H21NO3. The predicted molar refractivity (Wildman–Crippen MR) is 76.3 cm³/mol. The maximum Gasteiger partial charge on any atom is 0.328 e. The van der Waals surface area contributed by atoms with Gasteiger partial charge in [0.1, 0.15) is 6.04 Å². The van der Waals surface area contributed by atoms with Crippen molar-refractivity contribution in [2.75, 3.05) is 13.2 Å². The summed E-state index contributed by atoms with van der Waals surface area (Å²) < 4.78 is 5.04. The van der Waals surface area contributed by atoms with Crippen LogP contribution in [0.2, 0.25) is 0 Å². The van der Waals surface area contributed by atoms with Crippen LogP contribution < -0.4 is 0 Å². The molecule has 0 aromatic heterocycles. The Morgan fingerprint density at radius 1 is 1.30 bits per heavy atom. The van der Waals surface area contributed by atoms with Crippen LogP contribution in [0, 0.1) is 6.92 Å². The summed E-state index contributed by atoms with van der Waals surface area (Å²) >= 11 is 0. The van der Waals surface area contributed by atoms with Crippen molar-refractivity contribution in [1.82, 2.24) is 4.90 Å². The maximum atomic E-state index is 12.3. The van der Waals surface area contributed by atoms with Gasteiger partial charge in [-0.05, 0) is 32.3 Å². The molecule has 2 rings (SSSR count). The maximum absolute atomic E-state index is 12.3. The van der Waals surface area contributed by atoms with Crippen molar-refractivity contribution in [3.05, 3.63) is 35.4 Å². The van der Waals surface area contributed by atoms with E-state index < -0.39 is 6.04 Å². The molecule has 0 saturated carbocycles. The number of carbonyl (C=O) groups is 2. The largest absolute Gasteiger partial charge is 0.464 e. The van der Waals surface area contributed by atoms with E-state index in [0.29, 0.717) is 26.0 Å². The summed E-state index contributed by atoms with van der Waals surface area (Å²) in [6.45, 7) is 4.80. The van der Waals surface area contributed by atoms with Crippen LogP contribution in [0.3, 0.4) is 0 Å². The number of nitrogens with zero attached hydrogens (tertiary/aromatic N) is 1. The van der Waals surface area contributed by atoms with Gasteiger partial charge in [-0.1, -0.05) is 29.8 Å². The van der Waals surface area contributed by atoms with Crippen molar-refractivity contribution in [3.8, 4) is 0 Å².